The number of rotatable bonds is 4. The number of fused-ring (bicyclic) bond motifs is 1. The normalized spacial score (nSPS) is 24.1. The first-order valence-electron chi connectivity index (χ1n) is 9.14. The van der Waals surface area contributed by atoms with Crippen molar-refractivity contribution in [2.45, 2.75) is 25.2 Å². The second-order valence-electron chi connectivity index (χ2n) is 7.15. The van der Waals surface area contributed by atoms with Gasteiger partial charge in [0.25, 0.3) is 0 Å². The minimum Gasteiger partial charge on any atom is -0.444 e. The van der Waals surface area contributed by atoms with Crippen molar-refractivity contribution in [3.05, 3.63) is 90.0 Å². The first kappa shape index (κ1) is 14.7. The highest BCUT2D eigenvalue weighted by atomic mass is 16.4. The second-order valence-corrected chi connectivity index (χ2v) is 7.15. The van der Waals surface area contributed by atoms with Crippen molar-refractivity contribution in [3.63, 3.8) is 0 Å². The third-order valence-electron chi connectivity index (χ3n) is 5.56. The first-order valence-corrected chi connectivity index (χ1v) is 9.14. The highest BCUT2D eigenvalue weighted by Crippen LogP contribution is 2.61. The topological polar surface area (TPSA) is 26.0 Å². The van der Waals surface area contributed by atoms with Gasteiger partial charge in [-0.25, -0.2) is 4.98 Å². The van der Waals surface area contributed by atoms with Crippen molar-refractivity contribution in [2.75, 3.05) is 0 Å². The Balaban J connectivity index is 1.52. The summed E-state index contributed by atoms with van der Waals surface area (Å²) < 4.78 is 6.35. The van der Waals surface area contributed by atoms with Gasteiger partial charge in [-0.3, -0.25) is 0 Å². The molecule has 2 heteroatoms. The van der Waals surface area contributed by atoms with Gasteiger partial charge >= 0.3 is 0 Å². The largest absolute Gasteiger partial charge is 0.444 e. The van der Waals surface area contributed by atoms with E-state index in [1.165, 1.54) is 18.4 Å². The van der Waals surface area contributed by atoms with E-state index < -0.39 is 0 Å². The number of oxazole rings is 1. The molecule has 0 radical (unpaired) electrons. The Bertz CT molecular complexity index is 880. The van der Waals surface area contributed by atoms with Gasteiger partial charge in [0.15, 0.2) is 5.89 Å². The molecule has 0 amide bonds. The maximum absolute atomic E-state index is 6.35. The molecule has 1 unspecified atom stereocenters. The molecule has 2 aliphatic rings. The van der Waals surface area contributed by atoms with E-state index in [0.717, 1.165) is 41.2 Å². The fourth-order valence-corrected chi connectivity index (χ4v) is 4.24. The van der Waals surface area contributed by atoms with Crippen molar-refractivity contribution in [3.8, 4) is 11.3 Å². The van der Waals surface area contributed by atoms with E-state index in [2.05, 4.69) is 66.7 Å². The minimum atomic E-state index is 0.530. The monoisotopic (exact) mass is 327 g/mol. The molecule has 3 atom stereocenters. The molecular weight excluding hydrogens is 306 g/mol. The summed E-state index contributed by atoms with van der Waals surface area (Å²) in [5, 5.41) is 0. The summed E-state index contributed by atoms with van der Waals surface area (Å²) in [6, 6.07) is 20.9. The van der Waals surface area contributed by atoms with Crippen molar-refractivity contribution in [1.82, 2.24) is 4.98 Å². The van der Waals surface area contributed by atoms with Gasteiger partial charge < -0.3 is 4.42 Å². The lowest BCUT2D eigenvalue weighted by Gasteiger charge is -2.00. The zero-order valence-corrected chi connectivity index (χ0v) is 14.1. The van der Waals surface area contributed by atoms with Crippen LogP contribution in [0, 0.1) is 11.8 Å². The number of benzene rings is 2. The van der Waals surface area contributed by atoms with Crippen LogP contribution in [0.15, 0.2) is 77.2 Å². The number of hydrogen-bond donors (Lipinski definition) is 0. The molecule has 124 valence electrons. The Morgan fingerprint density at radius 3 is 2.16 bits per heavy atom. The highest BCUT2D eigenvalue weighted by Gasteiger charge is 2.53. The molecule has 2 nitrogen and oxygen atoms in total. The van der Waals surface area contributed by atoms with Crippen molar-refractivity contribution in [1.29, 1.82) is 0 Å². The molecule has 0 saturated heterocycles. The lowest BCUT2D eigenvalue weighted by Crippen LogP contribution is -1.88. The van der Waals surface area contributed by atoms with E-state index >= 15 is 0 Å². The minimum absolute atomic E-state index is 0.530. The molecule has 1 aromatic heterocycles. The molecule has 0 aliphatic heterocycles. The van der Waals surface area contributed by atoms with Gasteiger partial charge in [-0.05, 0) is 30.2 Å². The number of aromatic nitrogens is 1. The standard InChI is InChI=1S/C23H21NO/c1-3-9-16(10-4-1)15-20-24-22(17-11-5-2-6-12-17)23(25-20)21-18-13-7-8-14-19(18)21/h1-12,18-19,21H,13-15H2/t18-,19+,21?. The quantitative estimate of drug-likeness (QED) is 0.582. The highest BCUT2D eigenvalue weighted by molar-refractivity contribution is 5.63. The molecule has 0 bridgehead atoms. The Hall–Kier alpha value is -2.61. The Morgan fingerprint density at radius 2 is 1.48 bits per heavy atom. The molecule has 3 aromatic rings. The molecule has 2 aromatic carbocycles. The smallest absolute Gasteiger partial charge is 0.199 e. The van der Waals surface area contributed by atoms with Crippen LogP contribution in [0.3, 0.4) is 0 Å². The maximum atomic E-state index is 6.35. The molecule has 1 fully saturated rings. The van der Waals surface area contributed by atoms with Gasteiger partial charge in [0.2, 0.25) is 0 Å². The van der Waals surface area contributed by atoms with E-state index in [9.17, 15) is 0 Å². The third kappa shape index (κ3) is 2.72. The molecule has 25 heavy (non-hydrogen) atoms. The molecule has 2 aliphatic carbocycles. The lowest BCUT2D eigenvalue weighted by molar-refractivity contribution is 0.457. The van der Waals surface area contributed by atoms with E-state index in [1.807, 2.05) is 6.07 Å². The lowest BCUT2D eigenvalue weighted by atomic mass is 10.1. The second kappa shape index (κ2) is 6.03. The Kier molecular flexibility index (Phi) is 3.55. The van der Waals surface area contributed by atoms with Crippen LogP contribution in [0.5, 0.6) is 0 Å². The van der Waals surface area contributed by atoms with Gasteiger partial charge in [0.05, 0.1) is 0 Å². The SMILES string of the molecule is C1=CC[C@H]2C(c3oc(Cc4ccccc4)nc3-c3ccccc3)[C@H]2C1. The zero-order chi connectivity index (χ0) is 16.6. The summed E-state index contributed by atoms with van der Waals surface area (Å²) in [6.45, 7) is 0. The van der Waals surface area contributed by atoms with Crippen LogP contribution in [0.1, 0.15) is 36.0 Å². The predicted molar refractivity (Wildman–Crippen MR) is 99.3 cm³/mol. The first-order chi connectivity index (χ1) is 12.4. The number of allylic oxidation sites excluding steroid dienone is 2. The van der Waals surface area contributed by atoms with Crippen LogP contribution < -0.4 is 0 Å². The molecule has 0 spiro atoms. The van der Waals surface area contributed by atoms with Gasteiger partial charge in [-0.1, -0.05) is 72.8 Å². The average Bonchev–Trinajstić information content (AvgIpc) is 3.26. The van der Waals surface area contributed by atoms with E-state index in [1.54, 1.807) is 0 Å². The summed E-state index contributed by atoms with van der Waals surface area (Å²) in [6.07, 6.45) is 7.76. The average molecular weight is 327 g/mol. The summed E-state index contributed by atoms with van der Waals surface area (Å²) in [5.41, 5.74) is 3.45. The Labute approximate surface area is 148 Å². The molecule has 1 saturated carbocycles. The van der Waals surface area contributed by atoms with Gasteiger partial charge in [-0.15, -0.1) is 0 Å². The van der Waals surface area contributed by atoms with Crippen LogP contribution in [0.4, 0.5) is 0 Å². The Morgan fingerprint density at radius 1 is 0.840 bits per heavy atom. The summed E-state index contributed by atoms with van der Waals surface area (Å²) in [5.74, 6) is 3.95. The summed E-state index contributed by atoms with van der Waals surface area (Å²) in [4.78, 5) is 4.91. The van der Waals surface area contributed by atoms with Crippen LogP contribution in [0.25, 0.3) is 11.3 Å². The van der Waals surface area contributed by atoms with E-state index in [0.29, 0.717) is 5.92 Å². The number of nitrogens with zero attached hydrogens (tertiary/aromatic N) is 1. The van der Waals surface area contributed by atoms with Crippen molar-refractivity contribution < 1.29 is 4.42 Å². The van der Waals surface area contributed by atoms with E-state index in [-0.39, 0.29) is 0 Å². The predicted octanol–water partition coefficient (Wildman–Crippen LogP) is 5.61. The van der Waals surface area contributed by atoms with Crippen LogP contribution in [-0.4, -0.2) is 4.98 Å². The summed E-state index contributed by atoms with van der Waals surface area (Å²) >= 11 is 0. The van der Waals surface area contributed by atoms with Gasteiger partial charge in [-0.2, -0.15) is 0 Å². The molecular formula is C23H21NO. The molecule has 5 rings (SSSR count). The van der Waals surface area contributed by atoms with E-state index in [4.69, 9.17) is 9.40 Å². The molecule has 0 N–H and O–H groups in total. The van der Waals surface area contributed by atoms with Crippen LogP contribution in [0.2, 0.25) is 0 Å². The third-order valence-corrected chi connectivity index (χ3v) is 5.56. The maximum Gasteiger partial charge on any atom is 0.199 e. The van der Waals surface area contributed by atoms with Gasteiger partial charge in [0.1, 0.15) is 11.5 Å². The van der Waals surface area contributed by atoms with Crippen molar-refractivity contribution in [2.24, 2.45) is 11.8 Å². The van der Waals surface area contributed by atoms with Crippen LogP contribution in [-0.2, 0) is 6.42 Å². The fraction of sp³-hybridized carbons (Fsp3) is 0.261. The fourth-order valence-electron chi connectivity index (χ4n) is 4.24. The molecule has 1 heterocycles. The summed E-state index contributed by atoms with van der Waals surface area (Å²) in [7, 11) is 0. The zero-order valence-electron chi connectivity index (χ0n) is 14.1. The van der Waals surface area contributed by atoms with Gasteiger partial charge in [0, 0.05) is 17.9 Å². The van der Waals surface area contributed by atoms with Crippen molar-refractivity contribution >= 4 is 0 Å². The van der Waals surface area contributed by atoms with Crippen LogP contribution >= 0.6 is 0 Å². The number of hydrogen-bond acceptors (Lipinski definition) is 2.